The lowest BCUT2D eigenvalue weighted by atomic mass is 9.77. The van der Waals surface area contributed by atoms with Crippen molar-refractivity contribution in [2.24, 2.45) is 0 Å². The van der Waals surface area contributed by atoms with E-state index in [4.69, 9.17) is 4.74 Å². The molecule has 0 saturated carbocycles. The van der Waals surface area contributed by atoms with Gasteiger partial charge in [-0.2, -0.15) is 0 Å². The first-order valence-electron chi connectivity index (χ1n) is 7.94. The highest BCUT2D eigenvalue weighted by molar-refractivity contribution is 5.98. The number of hydrogen-bond donors (Lipinski definition) is 2. The number of carbonyl (C=O) groups excluding carboxylic acids is 2. The van der Waals surface area contributed by atoms with Gasteiger partial charge in [-0.05, 0) is 29.7 Å². The van der Waals surface area contributed by atoms with Crippen LogP contribution in [-0.4, -0.2) is 32.0 Å². The maximum Gasteiger partial charge on any atom is 0.255 e. The van der Waals surface area contributed by atoms with Gasteiger partial charge in [0.05, 0.1) is 19.2 Å². The Bertz CT molecular complexity index is 758. The minimum Gasteiger partial charge on any atom is -0.496 e. The standard InChI is InChI=1S/C19H20N2O3/c1-24-17-9-5-4-8-16(17)19(23)21-12-18(22)20-11-14-10-13-6-2-3-7-15(13)14/h2-9,14H,10-12H2,1H3,(H,20,22)(H,21,23)/t14-/m0/s1. The molecule has 2 N–H and O–H groups in total. The molecule has 0 spiro atoms. The zero-order chi connectivity index (χ0) is 16.9. The second-order valence-corrected chi connectivity index (χ2v) is 5.79. The van der Waals surface area contributed by atoms with Gasteiger partial charge in [-0.1, -0.05) is 36.4 Å². The number of benzene rings is 2. The molecule has 0 aliphatic heterocycles. The van der Waals surface area contributed by atoms with Crippen LogP contribution in [0.15, 0.2) is 48.5 Å². The summed E-state index contributed by atoms with van der Waals surface area (Å²) in [4.78, 5) is 24.1. The first-order valence-corrected chi connectivity index (χ1v) is 7.94. The molecule has 5 heteroatoms. The lowest BCUT2D eigenvalue weighted by Crippen LogP contribution is -2.40. The first kappa shape index (κ1) is 16.1. The van der Waals surface area contributed by atoms with Crippen LogP contribution in [0.4, 0.5) is 0 Å². The summed E-state index contributed by atoms with van der Waals surface area (Å²) >= 11 is 0. The van der Waals surface area contributed by atoms with E-state index in [9.17, 15) is 9.59 Å². The second kappa shape index (κ2) is 7.17. The fourth-order valence-electron chi connectivity index (χ4n) is 2.93. The summed E-state index contributed by atoms with van der Waals surface area (Å²) in [6.07, 6.45) is 0.990. The van der Waals surface area contributed by atoms with E-state index in [1.54, 1.807) is 24.3 Å². The molecule has 1 aliphatic rings. The van der Waals surface area contributed by atoms with Gasteiger partial charge in [0.2, 0.25) is 5.91 Å². The quantitative estimate of drug-likeness (QED) is 0.852. The smallest absolute Gasteiger partial charge is 0.255 e. The van der Waals surface area contributed by atoms with Crippen LogP contribution in [-0.2, 0) is 11.2 Å². The summed E-state index contributed by atoms with van der Waals surface area (Å²) in [5.74, 6) is 0.343. The van der Waals surface area contributed by atoms with Crippen molar-refractivity contribution < 1.29 is 14.3 Å². The zero-order valence-electron chi connectivity index (χ0n) is 13.5. The average Bonchev–Trinajstić information content (AvgIpc) is 2.60. The third kappa shape index (κ3) is 3.40. The molecule has 2 aromatic carbocycles. The largest absolute Gasteiger partial charge is 0.496 e. The van der Waals surface area contributed by atoms with E-state index in [1.807, 2.05) is 12.1 Å². The minimum atomic E-state index is -0.323. The van der Waals surface area contributed by atoms with Crippen molar-refractivity contribution in [1.29, 1.82) is 0 Å². The van der Waals surface area contributed by atoms with Crippen molar-refractivity contribution >= 4 is 11.8 Å². The number of ether oxygens (including phenoxy) is 1. The number of fused-ring (bicyclic) bond motifs is 1. The molecule has 0 saturated heterocycles. The number of nitrogens with one attached hydrogen (secondary N) is 2. The van der Waals surface area contributed by atoms with Crippen molar-refractivity contribution in [2.45, 2.75) is 12.3 Å². The molecule has 0 unspecified atom stereocenters. The normalized spacial score (nSPS) is 15.0. The predicted molar refractivity (Wildman–Crippen MR) is 91.2 cm³/mol. The maximum atomic E-state index is 12.1. The third-order valence-corrected chi connectivity index (χ3v) is 4.27. The number of methoxy groups -OCH3 is 1. The molecular formula is C19H20N2O3. The van der Waals surface area contributed by atoms with Gasteiger partial charge in [-0.25, -0.2) is 0 Å². The van der Waals surface area contributed by atoms with Crippen LogP contribution in [0.3, 0.4) is 0 Å². The molecule has 1 aliphatic carbocycles. The van der Waals surface area contributed by atoms with Crippen molar-refractivity contribution in [3.05, 3.63) is 65.2 Å². The monoisotopic (exact) mass is 324 g/mol. The molecule has 124 valence electrons. The lowest BCUT2D eigenvalue weighted by molar-refractivity contribution is -0.120. The summed E-state index contributed by atoms with van der Waals surface area (Å²) in [7, 11) is 1.51. The molecule has 0 bridgehead atoms. The van der Waals surface area contributed by atoms with E-state index in [1.165, 1.54) is 18.2 Å². The summed E-state index contributed by atoms with van der Waals surface area (Å²) in [5, 5.41) is 5.50. The molecule has 24 heavy (non-hydrogen) atoms. The van der Waals surface area contributed by atoms with Crippen LogP contribution in [0.2, 0.25) is 0 Å². The number of carbonyl (C=O) groups is 2. The van der Waals surface area contributed by atoms with Crippen LogP contribution in [0.1, 0.15) is 27.4 Å². The summed E-state index contributed by atoms with van der Waals surface area (Å²) in [6.45, 7) is 0.547. The molecule has 2 amide bonds. The van der Waals surface area contributed by atoms with Gasteiger partial charge < -0.3 is 15.4 Å². The van der Waals surface area contributed by atoms with E-state index < -0.39 is 0 Å². The Hall–Kier alpha value is -2.82. The number of amides is 2. The Morgan fingerprint density at radius 1 is 1.08 bits per heavy atom. The molecule has 0 heterocycles. The number of para-hydroxylation sites is 1. The van der Waals surface area contributed by atoms with E-state index in [0.29, 0.717) is 23.8 Å². The lowest BCUT2D eigenvalue weighted by Gasteiger charge is -2.30. The fourth-order valence-corrected chi connectivity index (χ4v) is 2.93. The SMILES string of the molecule is COc1ccccc1C(=O)NCC(=O)NC[C@@H]1Cc2ccccc21. The van der Waals surface area contributed by atoms with E-state index in [0.717, 1.165) is 6.42 Å². The Morgan fingerprint density at radius 2 is 1.83 bits per heavy atom. The molecule has 0 fully saturated rings. The van der Waals surface area contributed by atoms with Gasteiger partial charge in [-0.15, -0.1) is 0 Å². The van der Waals surface area contributed by atoms with Gasteiger partial charge >= 0.3 is 0 Å². The van der Waals surface area contributed by atoms with Crippen LogP contribution in [0.5, 0.6) is 5.75 Å². The van der Waals surface area contributed by atoms with Gasteiger partial charge in [0.15, 0.2) is 0 Å². The molecular weight excluding hydrogens is 304 g/mol. The Morgan fingerprint density at radius 3 is 2.62 bits per heavy atom. The van der Waals surface area contributed by atoms with Crippen molar-refractivity contribution in [3.8, 4) is 5.75 Å². The van der Waals surface area contributed by atoms with E-state index in [2.05, 4.69) is 22.8 Å². The molecule has 0 radical (unpaired) electrons. The van der Waals surface area contributed by atoms with Gasteiger partial charge in [0, 0.05) is 12.5 Å². The van der Waals surface area contributed by atoms with E-state index >= 15 is 0 Å². The summed E-state index contributed by atoms with van der Waals surface area (Å²) in [5.41, 5.74) is 3.07. The van der Waals surface area contributed by atoms with Crippen molar-refractivity contribution in [1.82, 2.24) is 10.6 Å². The van der Waals surface area contributed by atoms with Crippen molar-refractivity contribution in [2.75, 3.05) is 20.2 Å². The Balaban J connectivity index is 1.45. The summed E-state index contributed by atoms with van der Waals surface area (Å²) in [6, 6.07) is 15.2. The molecule has 3 rings (SSSR count). The Labute approximate surface area is 141 Å². The van der Waals surface area contributed by atoms with Crippen LogP contribution in [0.25, 0.3) is 0 Å². The highest BCUT2D eigenvalue weighted by Gasteiger charge is 2.25. The van der Waals surface area contributed by atoms with Crippen LogP contribution >= 0.6 is 0 Å². The van der Waals surface area contributed by atoms with Gasteiger partial charge in [0.1, 0.15) is 5.75 Å². The van der Waals surface area contributed by atoms with Crippen LogP contribution in [0, 0.1) is 0 Å². The highest BCUT2D eigenvalue weighted by atomic mass is 16.5. The molecule has 1 atom stereocenters. The maximum absolute atomic E-state index is 12.1. The van der Waals surface area contributed by atoms with Crippen LogP contribution < -0.4 is 15.4 Å². The number of rotatable bonds is 6. The summed E-state index contributed by atoms with van der Waals surface area (Å²) < 4.78 is 5.15. The average molecular weight is 324 g/mol. The Kier molecular flexibility index (Phi) is 4.79. The predicted octanol–water partition coefficient (Wildman–Crippen LogP) is 1.88. The fraction of sp³-hybridized carbons (Fsp3) is 0.263. The molecule has 0 aromatic heterocycles. The highest BCUT2D eigenvalue weighted by Crippen LogP contribution is 2.33. The third-order valence-electron chi connectivity index (χ3n) is 4.27. The minimum absolute atomic E-state index is 0.0503. The van der Waals surface area contributed by atoms with Gasteiger partial charge in [-0.3, -0.25) is 9.59 Å². The topological polar surface area (TPSA) is 67.4 Å². The molecule has 2 aromatic rings. The van der Waals surface area contributed by atoms with Gasteiger partial charge in [0.25, 0.3) is 5.91 Å². The molecule has 5 nitrogen and oxygen atoms in total. The first-order chi connectivity index (χ1) is 11.7. The zero-order valence-corrected chi connectivity index (χ0v) is 13.5. The van der Waals surface area contributed by atoms with E-state index in [-0.39, 0.29) is 18.4 Å². The van der Waals surface area contributed by atoms with Crippen molar-refractivity contribution in [3.63, 3.8) is 0 Å². The second-order valence-electron chi connectivity index (χ2n) is 5.79. The number of hydrogen-bond acceptors (Lipinski definition) is 3.